The average Bonchev–Trinajstić information content (AvgIpc) is 2.35. The maximum Gasteiger partial charge on any atom is 0.426 e. The highest BCUT2D eigenvalue weighted by molar-refractivity contribution is 5.72. The molecular weight excluding hydrogens is 244 g/mol. The van der Waals surface area contributed by atoms with Crippen LogP contribution in [0.25, 0.3) is 0 Å². The van der Waals surface area contributed by atoms with Crippen LogP contribution in [-0.2, 0) is 14.2 Å². The van der Waals surface area contributed by atoms with E-state index in [0.29, 0.717) is 13.2 Å². The highest BCUT2D eigenvalue weighted by atomic mass is 16.6. The molecule has 0 heterocycles. The van der Waals surface area contributed by atoms with Crippen molar-refractivity contribution in [1.29, 1.82) is 0 Å². The third kappa shape index (κ3) is 9.67. The topological polar surface area (TPSA) is 106 Å². The van der Waals surface area contributed by atoms with E-state index >= 15 is 0 Å². The fourth-order valence-electron chi connectivity index (χ4n) is 1.21. The summed E-state index contributed by atoms with van der Waals surface area (Å²) in [5.41, 5.74) is 3.57. The zero-order chi connectivity index (χ0) is 13.8. The van der Waals surface area contributed by atoms with Crippen LogP contribution in [0.4, 0.5) is 9.59 Å². The monoisotopic (exact) mass is 264 g/mol. The van der Waals surface area contributed by atoms with Gasteiger partial charge in [-0.05, 0) is 18.8 Å². The van der Waals surface area contributed by atoms with E-state index in [-0.39, 0.29) is 12.5 Å². The van der Waals surface area contributed by atoms with Crippen molar-refractivity contribution in [2.45, 2.75) is 12.8 Å². The number of carbonyl (C=O) groups is 2. The minimum atomic E-state index is -1.36. The number of ether oxygens (including phenoxy) is 3. The molecule has 0 spiro atoms. The zero-order valence-corrected chi connectivity index (χ0v) is 10.6. The lowest BCUT2D eigenvalue weighted by atomic mass is 10.0. The van der Waals surface area contributed by atoms with Crippen LogP contribution in [0, 0.1) is 5.92 Å². The Kier molecular flexibility index (Phi) is 9.70. The Bertz CT molecular complexity index is 241. The number of hydrogen-bond acceptors (Lipinski definition) is 5. The zero-order valence-electron chi connectivity index (χ0n) is 10.6. The average molecular weight is 264 g/mol. The van der Waals surface area contributed by atoms with E-state index in [2.05, 4.69) is 0 Å². The van der Waals surface area contributed by atoms with Crippen LogP contribution in [0.2, 0.25) is 0 Å². The Hall–Kier alpha value is -1.54. The molecule has 106 valence electrons. The van der Waals surface area contributed by atoms with Crippen molar-refractivity contribution < 1.29 is 28.9 Å². The third-order valence-corrected chi connectivity index (χ3v) is 2.18. The predicted octanol–water partition coefficient (Wildman–Crippen LogP) is 0.584. The number of nitrogens with one attached hydrogen (secondary N) is 2. The molecule has 18 heavy (non-hydrogen) atoms. The summed E-state index contributed by atoms with van der Waals surface area (Å²) in [7, 11) is 3.19. The quantitative estimate of drug-likeness (QED) is 0.554. The maximum absolute atomic E-state index is 11.1. The van der Waals surface area contributed by atoms with Crippen LogP contribution in [0.5, 0.6) is 0 Å². The molecule has 0 aromatic rings. The van der Waals surface area contributed by atoms with E-state index in [1.807, 2.05) is 5.43 Å². The fraction of sp³-hybridized carbons (Fsp3) is 0.800. The lowest BCUT2D eigenvalue weighted by Gasteiger charge is -2.16. The normalized spacial score (nSPS) is 10.2. The first-order valence-corrected chi connectivity index (χ1v) is 5.49. The van der Waals surface area contributed by atoms with Crippen LogP contribution in [-0.4, -0.2) is 51.3 Å². The molecule has 0 radical (unpaired) electrons. The summed E-state index contributed by atoms with van der Waals surface area (Å²) in [4.78, 5) is 21.2. The molecule has 2 amide bonds. The molecule has 0 saturated heterocycles. The van der Waals surface area contributed by atoms with Gasteiger partial charge in [0.25, 0.3) is 0 Å². The smallest absolute Gasteiger partial charge is 0.426 e. The Morgan fingerprint density at radius 2 is 1.67 bits per heavy atom. The third-order valence-electron chi connectivity index (χ3n) is 2.18. The van der Waals surface area contributed by atoms with Gasteiger partial charge in [-0.25, -0.2) is 20.4 Å². The molecule has 3 N–H and O–H groups in total. The summed E-state index contributed by atoms with van der Waals surface area (Å²) >= 11 is 0. The molecule has 0 saturated carbocycles. The molecule has 0 bridgehead atoms. The van der Waals surface area contributed by atoms with E-state index in [0.717, 1.165) is 12.8 Å². The second-order valence-electron chi connectivity index (χ2n) is 3.58. The predicted molar refractivity (Wildman–Crippen MR) is 62.1 cm³/mol. The largest absolute Gasteiger partial charge is 0.464 e. The number of carbonyl (C=O) groups excluding carboxylic acids is 1. The SMILES string of the molecule is COCCC(CCOC)COC(=O)NNC(=O)O. The first-order valence-electron chi connectivity index (χ1n) is 5.49. The molecule has 0 atom stereocenters. The van der Waals surface area contributed by atoms with Crippen molar-refractivity contribution in [3.8, 4) is 0 Å². The molecule has 0 aromatic heterocycles. The van der Waals surface area contributed by atoms with Crippen LogP contribution in [0.15, 0.2) is 0 Å². The minimum absolute atomic E-state index is 0.112. The van der Waals surface area contributed by atoms with Crippen LogP contribution in [0.3, 0.4) is 0 Å². The second-order valence-corrected chi connectivity index (χ2v) is 3.58. The summed E-state index contributed by atoms with van der Waals surface area (Å²) < 4.78 is 14.8. The van der Waals surface area contributed by atoms with Crippen molar-refractivity contribution in [2.75, 3.05) is 34.0 Å². The molecule has 0 aromatic carbocycles. The number of carboxylic acid groups (broad SMARTS) is 1. The van der Waals surface area contributed by atoms with Crippen molar-refractivity contribution >= 4 is 12.2 Å². The molecular formula is C10H20N2O6. The van der Waals surface area contributed by atoms with Gasteiger partial charge < -0.3 is 19.3 Å². The molecule has 0 rings (SSSR count). The van der Waals surface area contributed by atoms with Gasteiger partial charge in [-0.2, -0.15) is 0 Å². The van der Waals surface area contributed by atoms with Gasteiger partial charge in [0.1, 0.15) is 0 Å². The Morgan fingerprint density at radius 3 is 2.11 bits per heavy atom. The molecule has 0 aliphatic rings. The van der Waals surface area contributed by atoms with E-state index in [4.69, 9.17) is 19.3 Å². The van der Waals surface area contributed by atoms with E-state index in [1.165, 1.54) is 0 Å². The number of amides is 2. The van der Waals surface area contributed by atoms with Crippen LogP contribution >= 0.6 is 0 Å². The number of rotatable bonds is 8. The number of hydrazine groups is 1. The van der Waals surface area contributed by atoms with Crippen molar-refractivity contribution in [2.24, 2.45) is 5.92 Å². The highest BCUT2D eigenvalue weighted by Crippen LogP contribution is 2.09. The van der Waals surface area contributed by atoms with Gasteiger partial charge in [0.2, 0.25) is 0 Å². The summed E-state index contributed by atoms with van der Waals surface area (Å²) in [5, 5.41) is 8.26. The van der Waals surface area contributed by atoms with Gasteiger partial charge in [-0.15, -0.1) is 0 Å². The standard InChI is InChI=1S/C10H20N2O6/c1-16-5-3-8(4-6-17-2)7-18-10(15)12-11-9(13)14/h8,11H,3-7H2,1-2H3,(H,12,15)(H,13,14). The fourth-order valence-corrected chi connectivity index (χ4v) is 1.21. The van der Waals surface area contributed by atoms with Gasteiger partial charge in [0.05, 0.1) is 6.61 Å². The summed E-state index contributed by atoms with van der Waals surface area (Å²) in [6.45, 7) is 1.30. The van der Waals surface area contributed by atoms with Gasteiger partial charge >= 0.3 is 12.2 Å². The maximum atomic E-state index is 11.1. The van der Waals surface area contributed by atoms with E-state index < -0.39 is 12.2 Å². The number of methoxy groups -OCH3 is 2. The molecule has 0 aliphatic heterocycles. The summed E-state index contributed by atoms with van der Waals surface area (Å²) in [5.74, 6) is 0.112. The van der Waals surface area contributed by atoms with Crippen LogP contribution in [0.1, 0.15) is 12.8 Å². The Balaban J connectivity index is 3.84. The van der Waals surface area contributed by atoms with Gasteiger partial charge in [-0.3, -0.25) is 0 Å². The van der Waals surface area contributed by atoms with Gasteiger partial charge in [0.15, 0.2) is 0 Å². The summed E-state index contributed by atoms with van der Waals surface area (Å²) in [6, 6.07) is 0. The van der Waals surface area contributed by atoms with Gasteiger partial charge in [0, 0.05) is 27.4 Å². The molecule has 8 heteroatoms. The second kappa shape index (κ2) is 10.6. The first-order chi connectivity index (χ1) is 8.60. The van der Waals surface area contributed by atoms with Crippen molar-refractivity contribution in [1.82, 2.24) is 10.9 Å². The van der Waals surface area contributed by atoms with Crippen molar-refractivity contribution in [3.63, 3.8) is 0 Å². The minimum Gasteiger partial charge on any atom is -0.464 e. The first kappa shape index (κ1) is 16.5. The molecule has 8 nitrogen and oxygen atoms in total. The Labute approximate surface area is 106 Å². The van der Waals surface area contributed by atoms with E-state index in [1.54, 1.807) is 19.6 Å². The Morgan fingerprint density at radius 1 is 1.11 bits per heavy atom. The van der Waals surface area contributed by atoms with Crippen LogP contribution < -0.4 is 10.9 Å². The molecule has 0 unspecified atom stereocenters. The molecule has 0 aliphatic carbocycles. The lowest BCUT2D eigenvalue weighted by Crippen LogP contribution is -2.41. The van der Waals surface area contributed by atoms with Crippen molar-refractivity contribution in [3.05, 3.63) is 0 Å². The van der Waals surface area contributed by atoms with E-state index in [9.17, 15) is 9.59 Å². The lowest BCUT2D eigenvalue weighted by molar-refractivity contribution is 0.0887. The number of hydrogen-bond donors (Lipinski definition) is 3. The van der Waals surface area contributed by atoms with Gasteiger partial charge in [-0.1, -0.05) is 0 Å². The summed E-state index contributed by atoms with van der Waals surface area (Å²) in [6.07, 6.45) is -0.724. The molecule has 0 fully saturated rings. The highest BCUT2D eigenvalue weighted by Gasteiger charge is 2.12.